The first-order valence-electron chi connectivity index (χ1n) is 5.20. The van der Waals surface area contributed by atoms with Gasteiger partial charge in [0.15, 0.2) is 0 Å². The zero-order chi connectivity index (χ0) is 12.0. The molecule has 1 atom stereocenters. The molecule has 0 heterocycles. The first-order chi connectivity index (χ1) is 7.63. The lowest BCUT2D eigenvalue weighted by Crippen LogP contribution is -2.13. The summed E-state index contributed by atoms with van der Waals surface area (Å²) in [5, 5.41) is 12.1. The van der Waals surface area contributed by atoms with Gasteiger partial charge >= 0.3 is 0 Å². The number of carbonyl (C=O) groups is 1. The Morgan fingerprint density at radius 3 is 2.56 bits per heavy atom. The lowest BCUT2D eigenvalue weighted by atomic mass is 10.1. The smallest absolute Gasteiger partial charge is 0.226 e. The predicted octanol–water partition coefficient (Wildman–Crippen LogP) is 1.71. The van der Waals surface area contributed by atoms with Crippen LogP contribution < -0.4 is 5.32 Å². The first kappa shape index (κ1) is 12.7. The Hall–Kier alpha value is -1.39. The van der Waals surface area contributed by atoms with Crippen molar-refractivity contribution in [1.29, 1.82) is 0 Å². The minimum Gasteiger partial charge on any atom is -0.389 e. The lowest BCUT2D eigenvalue weighted by molar-refractivity contribution is -0.117. The summed E-state index contributed by atoms with van der Waals surface area (Å²) < 4.78 is 4.81. The molecule has 4 nitrogen and oxygen atoms in total. The fraction of sp³-hybridized carbons (Fsp3) is 0.417. The number of benzene rings is 1. The van der Waals surface area contributed by atoms with Gasteiger partial charge < -0.3 is 15.2 Å². The van der Waals surface area contributed by atoms with Gasteiger partial charge in [-0.3, -0.25) is 4.79 Å². The molecule has 0 aromatic heterocycles. The SMILES string of the molecule is COCCC(=O)Nc1ccc(C(C)O)cc1. The number of carbonyl (C=O) groups excluding carboxylic acids is 1. The number of amides is 1. The Morgan fingerprint density at radius 1 is 1.44 bits per heavy atom. The van der Waals surface area contributed by atoms with E-state index in [0.717, 1.165) is 11.3 Å². The molecule has 0 bridgehead atoms. The summed E-state index contributed by atoms with van der Waals surface area (Å²) in [7, 11) is 1.56. The van der Waals surface area contributed by atoms with Crippen molar-refractivity contribution in [3.63, 3.8) is 0 Å². The monoisotopic (exact) mass is 223 g/mol. The Kier molecular flexibility index (Phi) is 4.95. The zero-order valence-electron chi connectivity index (χ0n) is 9.56. The summed E-state index contributed by atoms with van der Waals surface area (Å²) in [5.74, 6) is -0.0772. The van der Waals surface area contributed by atoms with Crippen LogP contribution in [0.2, 0.25) is 0 Å². The molecule has 0 fully saturated rings. The number of rotatable bonds is 5. The Bertz CT molecular complexity index is 333. The number of ether oxygens (including phenoxy) is 1. The minimum absolute atomic E-state index is 0.0772. The van der Waals surface area contributed by atoms with Crippen molar-refractivity contribution in [3.05, 3.63) is 29.8 Å². The largest absolute Gasteiger partial charge is 0.389 e. The fourth-order valence-electron chi connectivity index (χ4n) is 1.26. The molecule has 0 saturated heterocycles. The zero-order valence-corrected chi connectivity index (χ0v) is 9.56. The second kappa shape index (κ2) is 6.25. The fourth-order valence-corrected chi connectivity index (χ4v) is 1.26. The summed E-state index contributed by atoms with van der Waals surface area (Å²) in [6.07, 6.45) is -0.146. The van der Waals surface area contributed by atoms with Crippen LogP contribution in [0.3, 0.4) is 0 Å². The van der Waals surface area contributed by atoms with Crippen molar-refractivity contribution >= 4 is 11.6 Å². The summed E-state index contributed by atoms with van der Waals surface area (Å²) in [5.41, 5.74) is 1.56. The van der Waals surface area contributed by atoms with Gasteiger partial charge in [0.05, 0.1) is 19.1 Å². The topological polar surface area (TPSA) is 58.6 Å². The summed E-state index contributed by atoms with van der Waals surface area (Å²) >= 11 is 0. The van der Waals surface area contributed by atoms with Crippen LogP contribution in [0.5, 0.6) is 0 Å². The molecular weight excluding hydrogens is 206 g/mol. The van der Waals surface area contributed by atoms with Gasteiger partial charge in [0.1, 0.15) is 0 Å². The van der Waals surface area contributed by atoms with Crippen molar-refractivity contribution in [2.45, 2.75) is 19.4 Å². The number of aliphatic hydroxyl groups excluding tert-OH is 1. The maximum atomic E-state index is 11.3. The molecule has 1 rings (SSSR count). The van der Waals surface area contributed by atoms with Crippen molar-refractivity contribution in [2.24, 2.45) is 0 Å². The van der Waals surface area contributed by atoms with E-state index in [1.807, 2.05) is 0 Å². The van der Waals surface area contributed by atoms with E-state index >= 15 is 0 Å². The maximum Gasteiger partial charge on any atom is 0.226 e. The maximum absolute atomic E-state index is 11.3. The van der Waals surface area contributed by atoms with Gasteiger partial charge in [-0.05, 0) is 24.6 Å². The summed E-state index contributed by atoms with van der Waals surface area (Å²) in [6.45, 7) is 2.11. The van der Waals surface area contributed by atoms with E-state index < -0.39 is 6.10 Å². The molecule has 1 aromatic carbocycles. The van der Waals surface area contributed by atoms with Crippen LogP contribution in [0.25, 0.3) is 0 Å². The second-order valence-electron chi connectivity index (χ2n) is 3.59. The number of nitrogens with one attached hydrogen (secondary N) is 1. The third-order valence-electron chi connectivity index (χ3n) is 2.21. The average Bonchev–Trinajstić information content (AvgIpc) is 2.27. The van der Waals surface area contributed by atoms with Gasteiger partial charge in [-0.25, -0.2) is 0 Å². The van der Waals surface area contributed by atoms with E-state index in [9.17, 15) is 9.90 Å². The van der Waals surface area contributed by atoms with Gasteiger partial charge in [-0.15, -0.1) is 0 Å². The van der Waals surface area contributed by atoms with Crippen LogP contribution in [0, 0.1) is 0 Å². The summed E-state index contributed by atoms with van der Waals surface area (Å²) in [6, 6.07) is 7.12. The molecule has 0 saturated carbocycles. The molecule has 0 aliphatic carbocycles. The van der Waals surface area contributed by atoms with E-state index in [1.165, 1.54) is 0 Å². The standard InChI is InChI=1S/C12H17NO3/c1-9(14)10-3-5-11(6-4-10)13-12(15)7-8-16-2/h3-6,9,14H,7-8H2,1-2H3,(H,13,15). The van der Waals surface area contributed by atoms with Gasteiger partial charge in [-0.2, -0.15) is 0 Å². The molecule has 16 heavy (non-hydrogen) atoms. The van der Waals surface area contributed by atoms with Crippen LogP contribution in [0.15, 0.2) is 24.3 Å². The number of hydrogen-bond donors (Lipinski definition) is 2. The van der Waals surface area contributed by atoms with Crippen LogP contribution in [0.1, 0.15) is 25.0 Å². The summed E-state index contributed by atoms with van der Waals surface area (Å²) in [4.78, 5) is 11.3. The molecule has 1 aromatic rings. The molecule has 4 heteroatoms. The van der Waals surface area contributed by atoms with Crippen molar-refractivity contribution in [1.82, 2.24) is 0 Å². The highest BCUT2D eigenvalue weighted by Gasteiger charge is 2.03. The van der Waals surface area contributed by atoms with Gasteiger partial charge in [0.25, 0.3) is 0 Å². The number of anilines is 1. The van der Waals surface area contributed by atoms with Crippen LogP contribution >= 0.6 is 0 Å². The third kappa shape index (κ3) is 4.00. The number of aliphatic hydroxyl groups is 1. The molecule has 2 N–H and O–H groups in total. The minimum atomic E-state index is -0.488. The normalized spacial score (nSPS) is 12.2. The van der Waals surface area contributed by atoms with Gasteiger partial charge in [0.2, 0.25) is 5.91 Å². The molecular formula is C12H17NO3. The first-order valence-corrected chi connectivity index (χ1v) is 5.20. The van der Waals surface area contributed by atoms with Crippen molar-refractivity contribution < 1.29 is 14.6 Å². The molecule has 0 aliphatic heterocycles. The van der Waals surface area contributed by atoms with Crippen molar-refractivity contribution in [3.8, 4) is 0 Å². The average molecular weight is 223 g/mol. The van der Waals surface area contributed by atoms with E-state index in [2.05, 4.69) is 5.32 Å². The third-order valence-corrected chi connectivity index (χ3v) is 2.21. The van der Waals surface area contributed by atoms with Crippen LogP contribution in [-0.4, -0.2) is 24.7 Å². The van der Waals surface area contributed by atoms with E-state index in [-0.39, 0.29) is 5.91 Å². The quantitative estimate of drug-likeness (QED) is 0.799. The van der Waals surface area contributed by atoms with E-state index in [1.54, 1.807) is 38.3 Å². The molecule has 0 radical (unpaired) electrons. The Balaban J connectivity index is 2.51. The highest BCUT2D eigenvalue weighted by atomic mass is 16.5. The predicted molar refractivity (Wildman–Crippen MR) is 62.2 cm³/mol. The van der Waals surface area contributed by atoms with E-state index in [4.69, 9.17) is 4.74 Å². The molecule has 0 spiro atoms. The van der Waals surface area contributed by atoms with Gasteiger partial charge in [0, 0.05) is 12.8 Å². The molecule has 88 valence electrons. The lowest BCUT2D eigenvalue weighted by Gasteiger charge is -2.07. The number of methoxy groups -OCH3 is 1. The van der Waals surface area contributed by atoms with Crippen LogP contribution in [-0.2, 0) is 9.53 Å². The Morgan fingerprint density at radius 2 is 2.06 bits per heavy atom. The second-order valence-corrected chi connectivity index (χ2v) is 3.59. The number of hydrogen-bond acceptors (Lipinski definition) is 3. The van der Waals surface area contributed by atoms with Crippen molar-refractivity contribution in [2.75, 3.05) is 19.0 Å². The molecule has 1 unspecified atom stereocenters. The highest BCUT2D eigenvalue weighted by Crippen LogP contribution is 2.15. The molecule has 1 amide bonds. The Labute approximate surface area is 95.2 Å². The molecule has 0 aliphatic rings. The highest BCUT2D eigenvalue weighted by molar-refractivity contribution is 5.90. The van der Waals surface area contributed by atoms with E-state index in [0.29, 0.717) is 13.0 Å². The van der Waals surface area contributed by atoms with Gasteiger partial charge in [-0.1, -0.05) is 12.1 Å². The van der Waals surface area contributed by atoms with Crippen LogP contribution in [0.4, 0.5) is 5.69 Å².